The topological polar surface area (TPSA) is 141 Å². The van der Waals surface area contributed by atoms with E-state index in [1.54, 1.807) is 12.3 Å². The summed E-state index contributed by atoms with van der Waals surface area (Å²) in [5, 5.41) is 11.5. The van der Waals surface area contributed by atoms with Gasteiger partial charge in [0.15, 0.2) is 17.5 Å². The maximum absolute atomic E-state index is 13.4. The summed E-state index contributed by atoms with van der Waals surface area (Å²) in [5.74, 6) is 0.982. The van der Waals surface area contributed by atoms with Crippen LogP contribution < -0.4 is 10.6 Å². The number of pyridine rings is 1. The lowest BCUT2D eigenvalue weighted by Crippen LogP contribution is -2.48. The Morgan fingerprint density at radius 3 is 2.56 bits per heavy atom. The number of H-pyrrole nitrogens is 1. The molecule has 0 unspecified atom stereocenters. The van der Waals surface area contributed by atoms with Crippen LogP contribution in [0, 0.1) is 19.7 Å². The minimum atomic E-state index is -0.921. The van der Waals surface area contributed by atoms with E-state index in [1.807, 2.05) is 43.9 Å². The summed E-state index contributed by atoms with van der Waals surface area (Å²) in [7, 11) is 1.54. The average Bonchev–Trinajstić information content (AvgIpc) is 3.56. The molecule has 11 nitrogen and oxygen atoms in total. The molecule has 1 saturated carbocycles. The first-order valence-electron chi connectivity index (χ1n) is 12.9. The Hall–Kier alpha value is -4.19. The molecule has 4 aromatic rings. The quantitative estimate of drug-likeness (QED) is 0.347. The van der Waals surface area contributed by atoms with Gasteiger partial charge in [-0.05, 0) is 64.2 Å². The first-order valence-corrected chi connectivity index (χ1v) is 12.9. The number of hydrogen-bond donors (Lipinski definition) is 2. The number of nitrogens with two attached hydrogens (primary N) is 1. The van der Waals surface area contributed by atoms with Crippen molar-refractivity contribution in [3.05, 3.63) is 71.3 Å². The van der Waals surface area contributed by atoms with E-state index < -0.39 is 17.3 Å². The van der Waals surface area contributed by atoms with Gasteiger partial charge >= 0.3 is 0 Å². The van der Waals surface area contributed by atoms with Gasteiger partial charge in [0.2, 0.25) is 11.9 Å². The Morgan fingerprint density at radius 1 is 1.23 bits per heavy atom. The molecule has 1 aliphatic carbocycles. The van der Waals surface area contributed by atoms with Crippen LogP contribution in [-0.4, -0.2) is 53.5 Å². The summed E-state index contributed by atoms with van der Waals surface area (Å²) in [6.45, 7) is 5.91. The predicted molar refractivity (Wildman–Crippen MR) is 142 cm³/mol. The van der Waals surface area contributed by atoms with E-state index in [0.29, 0.717) is 30.4 Å². The summed E-state index contributed by atoms with van der Waals surface area (Å²) in [6.07, 6.45) is 6.68. The van der Waals surface area contributed by atoms with Gasteiger partial charge in [0.05, 0.1) is 18.4 Å². The second-order valence-corrected chi connectivity index (χ2v) is 10.1. The number of carbonyl (C=O) groups is 1. The molecule has 1 aliphatic rings. The molecule has 39 heavy (non-hydrogen) atoms. The molecule has 4 aromatic heterocycles. The van der Waals surface area contributed by atoms with Crippen LogP contribution in [-0.2, 0) is 9.53 Å². The fourth-order valence-electron chi connectivity index (χ4n) is 5.18. The molecule has 1 fully saturated rings. The lowest BCUT2D eigenvalue weighted by molar-refractivity contribution is -0.144. The van der Waals surface area contributed by atoms with Crippen LogP contribution in [0.5, 0.6) is 0 Å². The fourth-order valence-corrected chi connectivity index (χ4v) is 5.18. The number of halogens is 1. The third-order valence-electron chi connectivity index (χ3n) is 7.49. The Balaban J connectivity index is 1.47. The van der Waals surface area contributed by atoms with Gasteiger partial charge in [-0.3, -0.25) is 14.8 Å². The number of primary amides is 1. The number of aromatic nitrogens is 7. The largest absolute Gasteiger partial charge is 0.368 e. The molecular formula is C27H32FN9O2. The number of ether oxygens (including phenoxy) is 1. The predicted octanol–water partition coefficient (Wildman–Crippen LogP) is 3.96. The van der Waals surface area contributed by atoms with Crippen LogP contribution in [0.15, 0.2) is 42.9 Å². The fraction of sp³-hybridized carbons (Fsp3) is 0.407. The number of anilines is 2. The molecule has 4 heterocycles. The van der Waals surface area contributed by atoms with Crippen LogP contribution in [0.25, 0.3) is 5.82 Å². The summed E-state index contributed by atoms with van der Waals surface area (Å²) >= 11 is 0. The normalized spacial score (nSPS) is 20.1. The maximum Gasteiger partial charge on any atom is 0.249 e. The van der Waals surface area contributed by atoms with Gasteiger partial charge < -0.3 is 10.5 Å². The van der Waals surface area contributed by atoms with E-state index >= 15 is 0 Å². The summed E-state index contributed by atoms with van der Waals surface area (Å²) in [5.41, 5.74) is 8.26. The highest BCUT2D eigenvalue weighted by atomic mass is 19.1. The van der Waals surface area contributed by atoms with Gasteiger partial charge in [-0.25, -0.2) is 24.0 Å². The number of methoxy groups -OCH3 is 1. The first kappa shape index (κ1) is 26.4. The smallest absolute Gasteiger partial charge is 0.249 e. The molecule has 1 atom stereocenters. The van der Waals surface area contributed by atoms with E-state index in [4.69, 9.17) is 20.4 Å². The van der Waals surface area contributed by atoms with Gasteiger partial charge in [0.25, 0.3) is 0 Å². The van der Waals surface area contributed by atoms with Crippen molar-refractivity contribution in [2.75, 3.05) is 12.0 Å². The number of carbonyl (C=O) groups excluding carboxylic acids is 1. The molecule has 5 rings (SSSR count). The Labute approximate surface area is 225 Å². The highest BCUT2D eigenvalue weighted by Crippen LogP contribution is 2.40. The van der Waals surface area contributed by atoms with E-state index in [1.165, 1.54) is 18.0 Å². The third kappa shape index (κ3) is 5.24. The molecule has 0 bridgehead atoms. The Morgan fingerprint density at radius 2 is 2.00 bits per heavy atom. The molecule has 12 heteroatoms. The van der Waals surface area contributed by atoms with E-state index in [2.05, 4.69) is 20.3 Å². The monoisotopic (exact) mass is 533 g/mol. The zero-order valence-electron chi connectivity index (χ0n) is 22.4. The minimum Gasteiger partial charge on any atom is -0.368 e. The first-order chi connectivity index (χ1) is 18.7. The number of aromatic amines is 1. The highest BCUT2D eigenvalue weighted by molar-refractivity contribution is 5.83. The summed E-state index contributed by atoms with van der Waals surface area (Å²) in [6, 6.07) is 7.41. The number of nitrogens with zero attached hydrogens (tertiary/aromatic N) is 7. The van der Waals surface area contributed by atoms with Crippen molar-refractivity contribution in [1.29, 1.82) is 0 Å². The Kier molecular flexibility index (Phi) is 7.13. The van der Waals surface area contributed by atoms with Gasteiger partial charge in [0, 0.05) is 42.4 Å². The van der Waals surface area contributed by atoms with Crippen molar-refractivity contribution in [3.8, 4) is 5.82 Å². The van der Waals surface area contributed by atoms with Crippen LogP contribution in [0.2, 0.25) is 0 Å². The molecule has 204 valence electrons. The van der Waals surface area contributed by atoms with Gasteiger partial charge in [-0.15, -0.1) is 0 Å². The van der Waals surface area contributed by atoms with Gasteiger partial charge in [-0.1, -0.05) is 6.07 Å². The van der Waals surface area contributed by atoms with Crippen molar-refractivity contribution in [2.24, 2.45) is 5.73 Å². The van der Waals surface area contributed by atoms with Crippen LogP contribution in [0.1, 0.15) is 67.2 Å². The van der Waals surface area contributed by atoms with E-state index in [0.717, 1.165) is 41.7 Å². The van der Waals surface area contributed by atoms with Crippen molar-refractivity contribution in [3.63, 3.8) is 0 Å². The lowest BCUT2D eigenvalue weighted by Gasteiger charge is -2.36. The lowest BCUT2D eigenvalue weighted by atomic mass is 9.77. The van der Waals surface area contributed by atoms with Crippen LogP contribution >= 0.6 is 0 Å². The molecule has 0 radical (unpaired) electrons. The molecule has 0 aromatic carbocycles. The number of aryl methyl sites for hydroxylation is 2. The molecular weight excluding hydrogens is 501 g/mol. The van der Waals surface area contributed by atoms with Gasteiger partial charge in [0.1, 0.15) is 5.60 Å². The standard InChI is InChI=1S/C27H32FN9O2/c1-16-11-22(19-7-9-27(39-4,10-8-19)25(29)38)33-26(32-16)37(24-12-17(2)34-35-24)18(3)20-5-6-23(30-13-20)36-15-21(28)14-31-36/h5-6,11-15,18-19H,7-10H2,1-4H3,(H2,29,38)(H,34,35)/t18-,19?,27?/m0/s1. The second-order valence-electron chi connectivity index (χ2n) is 10.1. The summed E-state index contributed by atoms with van der Waals surface area (Å²) < 4.78 is 20.3. The number of hydrogen-bond acceptors (Lipinski definition) is 8. The average molecular weight is 534 g/mol. The number of nitrogens with one attached hydrogen (secondary N) is 1. The molecule has 0 saturated heterocycles. The molecule has 0 aliphatic heterocycles. The zero-order valence-corrected chi connectivity index (χ0v) is 22.4. The maximum atomic E-state index is 13.4. The SMILES string of the molecule is COC1(C(N)=O)CCC(c2cc(C)nc(N(c3cc(C)[nH]n3)[C@@H](C)c3ccc(-n4cc(F)cn4)nc3)n2)CC1. The summed E-state index contributed by atoms with van der Waals surface area (Å²) in [4.78, 5) is 28.3. The van der Waals surface area contributed by atoms with E-state index in [9.17, 15) is 9.18 Å². The molecule has 3 N–H and O–H groups in total. The third-order valence-corrected chi connectivity index (χ3v) is 7.49. The number of rotatable bonds is 8. The van der Waals surface area contributed by atoms with Crippen molar-refractivity contribution in [2.45, 2.75) is 64.0 Å². The minimum absolute atomic E-state index is 0.140. The second kappa shape index (κ2) is 10.5. The van der Waals surface area contributed by atoms with Gasteiger partial charge in [-0.2, -0.15) is 10.2 Å². The van der Waals surface area contributed by atoms with Crippen molar-refractivity contribution < 1.29 is 13.9 Å². The molecule has 1 amide bonds. The molecule has 0 spiro atoms. The zero-order chi connectivity index (χ0) is 27.7. The van der Waals surface area contributed by atoms with E-state index in [-0.39, 0.29) is 12.0 Å². The number of amides is 1. The van der Waals surface area contributed by atoms with Crippen molar-refractivity contribution in [1.82, 2.24) is 34.9 Å². The van der Waals surface area contributed by atoms with Crippen LogP contribution in [0.3, 0.4) is 0 Å². The van der Waals surface area contributed by atoms with Crippen molar-refractivity contribution >= 4 is 17.7 Å². The van der Waals surface area contributed by atoms with Crippen LogP contribution in [0.4, 0.5) is 16.2 Å². The Bertz CT molecular complexity index is 1460. The highest BCUT2D eigenvalue weighted by Gasteiger charge is 2.41.